The fourth-order valence-corrected chi connectivity index (χ4v) is 2.84. The van der Waals surface area contributed by atoms with Crippen LogP contribution >= 0.6 is 11.3 Å². The predicted octanol–water partition coefficient (Wildman–Crippen LogP) is 0.658. The van der Waals surface area contributed by atoms with Crippen molar-refractivity contribution in [3.05, 3.63) is 23.2 Å². The van der Waals surface area contributed by atoms with Gasteiger partial charge in [0.15, 0.2) is 5.13 Å². The molecular weight excluding hydrogens is 306 g/mol. The number of nitrogens with one attached hydrogen (secondary N) is 1. The molecule has 0 spiro atoms. The maximum atomic E-state index is 11.7. The molecule has 2 amide bonds. The summed E-state index contributed by atoms with van der Waals surface area (Å²) >= 11 is 1.37. The minimum absolute atomic E-state index is 0.0818. The first-order valence-electron chi connectivity index (χ1n) is 6.86. The lowest BCUT2D eigenvalue weighted by Gasteiger charge is -2.10. The second kappa shape index (κ2) is 7.69. The Morgan fingerprint density at radius 2 is 2.36 bits per heavy atom. The zero-order valence-corrected chi connectivity index (χ0v) is 13.0. The van der Waals surface area contributed by atoms with Crippen LogP contribution in [0.25, 0.3) is 0 Å². The van der Waals surface area contributed by atoms with Crippen LogP contribution in [0.4, 0.5) is 5.13 Å². The number of hydrogen-bond donors (Lipinski definition) is 1. The molecule has 2 rings (SSSR count). The van der Waals surface area contributed by atoms with Crippen molar-refractivity contribution in [3.8, 4) is 0 Å². The second-order valence-electron chi connectivity index (χ2n) is 4.68. The molecule has 0 aliphatic carbocycles. The number of amides is 2. The van der Waals surface area contributed by atoms with Gasteiger partial charge in [0, 0.05) is 31.0 Å². The van der Waals surface area contributed by atoms with Gasteiger partial charge in [0.2, 0.25) is 11.8 Å². The van der Waals surface area contributed by atoms with Crippen LogP contribution < -0.4 is 10.2 Å². The van der Waals surface area contributed by atoms with Crippen molar-refractivity contribution in [1.82, 2.24) is 10.3 Å². The second-order valence-corrected chi connectivity index (χ2v) is 5.51. The Hall–Kier alpha value is -2.22. The van der Waals surface area contributed by atoms with Gasteiger partial charge in [-0.15, -0.1) is 11.3 Å². The summed E-state index contributed by atoms with van der Waals surface area (Å²) < 4.78 is 4.43. The van der Waals surface area contributed by atoms with Gasteiger partial charge < -0.3 is 10.1 Å². The number of rotatable bonds is 6. The average Bonchev–Trinajstić information content (AvgIpc) is 3.12. The Morgan fingerprint density at radius 3 is 3.05 bits per heavy atom. The number of methoxy groups -OCH3 is 1. The number of nitrogens with zero attached hydrogens (tertiary/aromatic N) is 2. The number of aromatic nitrogens is 1. The van der Waals surface area contributed by atoms with Crippen LogP contribution in [0.2, 0.25) is 0 Å². The van der Waals surface area contributed by atoms with Crippen molar-refractivity contribution in [2.24, 2.45) is 0 Å². The highest BCUT2D eigenvalue weighted by molar-refractivity contribution is 7.14. The summed E-state index contributed by atoms with van der Waals surface area (Å²) in [5.74, 6) is -0.578. The third-order valence-corrected chi connectivity index (χ3v) is 3.97. The molecule has 22 heavy (non-hydrogen) atoms. The number of anilines is 1. The molecule has 1 aliphatic heterocycles. The Morgan fingerprint density at radius 1 is 1.55 bits per heavy atom. The quantitative estimate of drug-likeness (QED) is 0.613. The summed E-state index contributed by atoms with van der Waals surface area (Å²) in [5, 5.41) is 5.08. The number of esters is 1. The number of hydrogen-bond acceptors (Lipinski definition) is 6. The monoisotopic (exact) mass is 323 g/mol. The van der Waals surface area contributed by atoms with E-state index >= 15 is 0 Å². The van der Waals surface area contributed by atoms with Crippen LogP contribution in [0.15, 0.2) is 17.5 Å². The molecule has 0 saturated carbocycles. The molecular formula is C14H17N3O4S. The third-order valence-electron chi connectivity index (χ3n) is 3.06. The molecule has 118 valence electrons. The normalized spacial score (nSPS) is 14.6. The molecule has 2 heterocycles. The van der Waals surface area contributed by atoms with E-state index in [-0.39, 0.29) is 24.8 Å². The molecule has 1 fully saturated rings. The lowest BCUT2D eigenvalue weighted by atomic mass is 10.3. The van der Waals surface area contributed by atoms with Gasteiger partial charge in [0.1, 0.15) is 0 Å². The maximum Gasteiger partial charge on any atom is 0.330 e. The Kier molecular flexibility index (Phi) is 5.65. The van der Waals surface area contributed by atoms with Gasteiger partial charge in [-0.2, -0.15) is 0 Å². The standard InChI is InChI=1S/C14H17N3O4S/c1-21-13(20)5-2-6-15-11(18)8-10-9-22-14(16-10)17-7-3-4-12(17)19/h2,5,9H,3-4,6-8H2,1H3,(H,15,18)/b5-2+. The molecule has 1 aromatic heterocycles. The Labute approximate surface area is 132 Å². The van der Waals surface area contributed by atoms with E-state index in [0.29, 0.717) is 23.8 Å². The van der Waals surface area contributed by atoms with E-state index in [1.165, 1.54) is 30.6 Å². The highest BCUT2D eigenvalue weighted by Crippen LogP contribution is 2.25. The molecule has 8 heteroatoms. The fraction of sp³-hybridized carbons (Fsp3) is 0.429. The van der Waals surface area contributed by atoms with Gasteiger partial charge in [-0.1, -0.05) is 6.08 Å². The lowest BCUT2D eigenvalue weighted by Crippen LogP contribution is -2.26. The smallest absolute Gasteiger partial charge is 0.330 e. The van der Waals surface area contributed by atoms with E-state index in [2.05, 4.69) is 15.0 Å². The molecule has 1 N–H and O–H groups in total. The van der Waals surface area contributed by atoms with E-state index in [0.717, 1.165) is 6.42 Å². The first kappa shape index (κ1) is 16.2. The first-order chi connectivity index (χ1) is 10.6. The molecule has 1 aromatic rings. The van der Waals surface area contributed by atoms with E-state index in [4.69, 9.17) is 0 Å². The van der Waals surface area contributed by atoms with Crippen molar-refractivity contribution in [2.75, 3.05) is 25.1 Å². The van der Waals surface area contributed by atoms with Crippen molar-refractivity contribution in [1.29, 1.82) is 0 Å². The fourth-order valence-electron chi connectivity index (χ4n) is 1.97. The highest BCUT2D eigenvalue weighted by atomic mass is 32.1. The molecule has 0 aromatic carbocycles. The molecule has 7 nitrogen and oxygen atoms in total. The molecule has 0 atom stereocenters. The zero-order chi connectivity index (χ0) is 15.9. The van der Waals surface area contributed by atoms with Crippen molar-refractivity contribution < 1.29 is 19.1 Å². The van der Waals surface area contributed by atoms with Crippen LogP contribution in [0, 0.1) is 0 Å². The van der Waals surface area contributed by atoms with E-state index in [9.17, 15) is 14.4 Å². The largest absolute Gasteiger partial charge is 0.466 e. The number of ether oxygens (including phenoxy) is 1. The van der Waals surface area contributed by atoms with E-state index < -0.39 is 5.97 Å². The summed E-state index contributed by atoms with van der Waals surface area (Å²) in [6.45, 7) is 0.936. The summed E-state index contributed by atoms with van der Waals surface area (Å²) in [6.07, 6.45) is 4.31. The highest BCUT2D eigenvalue weighted by Gasteiger charge is 2.24. The minimum atomic E-state index is -0.464. The maximum absolute atomic E-state index is 11.7. The number of carbonyl (C=O) groups excluding carboxylic acids is 3. The van der Waals surface area contributed by atoms with E-state index in [1.54, 1.807) is 10.3 Å². The third kappa shape index (κ3) is 4.39. The number of thiazole rings is 1. The number of carbonyl (C=O) groups is 3. The Balaban J connectivity index is 1.80. The summed E-state index contributed by atoms with van der Waals surface area (Å²) in [5.41, 5.74) is 0.633. The van der Waals surface area contributed by atoms with Gasteiger partial charge in [0.25, 0.3) is 0 Å². The predicted molar refractivity (Wildman–Crippen MR) is 81.6 cm³/mol. The summed E-state index contributed by atoms with van der Waals surface area (Å²) in [7, 11) is 1.29. The zero-order valence-electron chi connectivity index (χ0n) is 12.2. The van der Waals surface area contributed by atoms with E-state index in [1.807, 2.05) is 0 Å². The minimum Gasteiger partial charge on any atom is -0.466 e. The van der Waals surface area contributed by atoms with Gasteiger partial charge in [0.05, 0.1) is 19.2 Å². The molecule has 1 aliphatic rings. The molecule has 0 radical (unpaired) electrons. The van der Waals surface area contributed by atoms with Crippen LogP contribution in [0.5, 0.6) is 0 Å². The van der Waals surface area contributed by atoms with Crippen LogP contribution in [-0.4, -0.2) is 43.0 Å². The Bertz CT molecular complexity index is 597. The lowest BCUT2D eigenvalue weighted by molar-refractivity contribution is -0.135. The summed E-state index contributed by atoms with van der Waals surface area (Å²) in [4.78, 5) is 40.2. The van der Waals surface area contributed by atoms with Crippen LogP contribution in [-0.2, 0) is 25.5 Å². The SMILES string of the molecule is COC(=O)/C=C/CNC(=O)Cc1csc(N2CCCC2=O)n1. The van der Waals surface area contributed by atoms with Gasteiger partial charge in [-0.05, 0) is 6.42 Å². The molecule has 0 bridgehead atoms. The van der Waals surface area contributed by atoms with Crippen LogP contribution in [0.3, 0.4) is 0 Å². The van der Waals surface area contributed by atoms with Gasteiger partial charge >= 0.3 is 5.97 Å². The van der Waals surface area contributed by atoms with Crippen molar-refractivity contribution in [2.45, 2.75) is 19.3 Å². The van der Waals surface area contributed by atoms with Gasteiger partial charge in [-0.3, -0.25) is 14.5 Å². The topological polar surface area (TPSA) is 88.6 Å². The molecule has 1 saturated heterocycles. The molecule has 0 unspecified atom stereocenters. The van der Waals surface area contributed by atoms with Crippen molar-refractivity contribution in [3.63, 3.8) is 0 Å². The van der Waals surface area contributed by atoms with Crippen LogP contribution in [0.1, 0.15) is 18.5 Å². The average molecular weight is 323 g/mol. The first-order valence-corrected chi connectivity index (χ1v) is 7.74. The van der Waals surface area contributed by atoms with Gasteiger partial charge in [-0.25, -0.2) is 9.78 Å². The summed E-state index contributed by atoms with van der Waals surface area (Å²) in [6, 6.07) is 0. The van der Waals surface area contributed by atoms with Crippen molar-refractivity contribution >= 4 is 34.3 Å².